The van der Waals surface area contributed by atoms with E-state index in [1.807, 2.05) is 11.4 Å². The van der Waals surface area contributed by atoms with Crippen molar-refractivity contribution in [3.63, 3.8) is 0 Å². The van der Waals surface area contributed by atoms with Crippen LogP contribution < -0.4 is 10.5 Å². The normalized spacial score (nSPS) is 18.4. The van der Waals surface area contributed by atoms with Gasteiger partial charge in [-0.3, -0.25) is 0 Å². The summed E-state index contributed by atoms with van der Waals surface area (Å²) < 4.78 is 5.76. The Balaban J connectivity index is 1.75. The number of rotatable bonds is 3. The van der Waals surface area contributed by atoms with Gasteiger partial charge in [-0.2, -0.15) is 0 Å². The topological polar surface area (TPSA) is 48.1 Å². The smallest absolute Gasteiger partial charge is 0.140 e. The van der Waals surface area contributed by atoms with E-state index in [-0.39, 0.29) is 6.04 Å². The molecular weight excluding hydrogens is 244 g/mol. The van der Waals surface area contributed by atoms with Gasteiger partial charge in [0.15, 0.2) is 0 Å². The van der Waals surface area contributed by atoms with Gasteiger partial charge >= 0.3 is 0 Å². The lowest BCUT2D eigenvalue weighted by atomic mass is 9.88. The first kappa shape index (κ1) is 11.7. The van der Waals surface area contributed by atoms with E-state index in [9.17, 15) is 0 Å². The highest BCUT2D eigenvalue weighted by Gasteiger charge is 2.17. The summed E-state index contributed by atoms with van der Waals surface area (Å²) in [6.45, 7) is 0.533. The summed E-state index contributed by atoms with van der Waals surface area (Å²) in [6, 6.07) is 6.43. The van der Waals surface area contributed by atoms with Gasteiger partial charge < -0.3 is 10.5 Å². The summed E-state index contributed by atoms with van der Waals surface area (Å²) in [5, 5.41) is 2.96. The van der Waals surface area contributed by atoms with E-state index in [1.165, 1.54) is 17.5 Å². The van der Waals surface area contributed by atoms with Crippen LogP contribution in [0.15, 0.2) is 29.8 Å². The largest absolute Gasteiger partial charge is 0.486 e. The average molecular weight is 260 g/mol. The fraction of sp³-hybridized carbons (Fsp3) is 0.357. The Morgan fingerprint density at radius 3 is 3.22 bits per heavy atom. The van der Waals surface area contributed by atoms with Crippen LogP contribution in [0.3, 0.4) is 0 Å². The van der Waals surface area contributed by atoms with Gasteiger partial charge in [0, 0.05) is 17.6 Å². The van der Waals surface area contributed by atoms with Gasteiger partial charge in [0.2, 0.25) is 0 Å². The molecule has 1 aromatic heterocycles. The van der Waals surface area contributed by atoms with Gasteiger partial charge in [-0.15, -0.1) is 11.3 Å². The number of hydrogen-bond donors (Lipinski definition) is 1. The van der Waals surface area contributed by atoms with Crippen molar-refractivity contribution in [2.24, 2.45) is 5.73 Å². The lowest BCUT2D eigenvalue weighted by Crippen LogP contribution is -2.17. The molecule has 1 aliphatic rings. The molecule has 4 heteroatoms. The maximum Gasteiger partial charge on any atom is 0.140 e. The lowest BCUT2D eigenvalue weighted by molar-refractivity contribution is 0.304. The minimum Gasteiger partial charge on any atom is -0.486 e. The van der Waals surface area contributed by atoms with Crippen molar-refractivity contribution in [3.05, 3.63) is 45.9 Å². The second kappa shape index (κ2) is 5.08. The lowest BCUT2D eigenvalue weighted by Gasteiger charge is -2.22. The molecule has 0 aliphatic heterocycles. The Morgan fingerprint density at radius 1 is 1.44 bits per heavy atom. The maximum atomic E-state index is 6.14. The van der Waals surface area contributed by atoms with Crippen LogP contribution in [0.4, 0.5) is 0 Å². The van der Waals surface area contributed by atoms with Crippen molar-refractivity contribution in [2.45, 2.75) is 31.9 Å². The molecule has 3 rings (SSSR count). The molecule has 0 fully saturated rings. The van der Waals surface area contributed by atoms with Gasteiger partial charge in [0.1, 0.15) is 17.4 Å². The summed E-state index contributed by atoms with van der Waals surface area (Å²) in [5.41, 5.74) is 8.76. The van der Waals surface area contributed by atoms with Gasteiger partial charge in [0.25, 0.3) is 0 Å². The van der Waals surface area contributed by atoms with E-state index in [1.54, 1.807) is 17.5 Å². The van der Waals surface area contributed by atoms with Crippen molar-refractivity contribution < 1.29 is 4.74 Å². The molecule has 0 bridgehead atoms. The predicted octanol–water partition coefficient (Wildman–Crippen LogP) is 3.06. The van der Waals surface area contributed by atoms with E-state index in [2.05, 4.69) is 17.1 Å². The van der Waals surface area contributed by atoms with Crippen LogP contribution in [0.2, 0.25) is 0 Å². The summed E-state index contributed by atoms with van der Waals surface area (Å²) >= 11 is 1.61. The van der Waals surface area contributed by atoms with Crippen molar-refractivity contribution in [2.75, 3.05) is 0 Å². The van der Waals surface area contributed by atoms with Crippen LogP contribution in [0.1, 0.15) is 35.0 Å². The molecule has 3 nitrogen and oxygen atoms in total. The molecule has 18 heavy (non-hydrogen) atoms. The Kier molecular flexibility index (Phi) is 3.30. The molecule has 0 amide bonds. The maximum absolute atomic E-state index is 6.14. The van der Waals surface area contributed by atoms with Crippen LogP contribution in [0.5, 0.6) is 5.75 Å². The average Bonchev–Trinajstić information content (AvgIpc) is 2.90. The standard InChI is InChI=1S/C14H16N2OS/c15-13-3-1-2-10-4-5-11(8-12(10)13)17-9-14-16-6-7-18-14/h4-8,13H,1-3,9,15H2/t13-/m1/s1. The highest BCUT2D eigenvalue weighted by molar-refractivity contribution is 7.09. The number of aryl methyl sites for hydroxylation is 1. The summed E-state index contributed by atoms with van der Waals surface area (Å²) in [4.78, 5) is 4.20. The van der Waals surface area contributed by atoms with Gasteiger partial charge in [0.05, 0.1) is 0 Å². The molecule has 1 aliphatic carbocycles. The highest BCUT2D eigenvalue weighted by atomic mass is 32.1. The molecular formula is C14H16N2OS. The van der Waals surface area contributed by atoms with Gasteiger partial charge in [-0.1, -0.05) is 6.07 Å². The minimum absolute atomic E-state index is 0.164. The third-order valence-corrected chi connectivity index (χ3v) is 4.08. The fourth-order valence-electron chi connectivity index (χ4n) is 2.37. The zero-order valence-corrected chi connectivity index (χ0v) is 11.0. The Labute approximate surface area is 111 Å². The molecule has 0 saturated heterocycles. The van der Waals surface area contributed by atoms with Crippen molar-refractivity contribution in [1.82, 2.24) is 4.98 Å². The van der Waals surface area contributed by atoms with E-state index >= 15 is 0 Å². The minimum atomic E-state index is 0.164. The monoisotopic (exact) mass is 260 g/mol. The zero-order valence-electron chi connectivity index (χ0n) is 10.1. The van der Waals surface area contributed by atoms with Gasteiger partial charge in [-0.25, -0.2) is 4.98 Å². The van der Waals surface area contributed by atoms with Crippen LogP contribution in [-0.2, 0) is 13.0 Å². The first-order chi connectivity index (χ1) is 8.83. The third-order valence-electron chi connectivity index (χ3n) is 3.32. The second-order valence-corrected chi connectivity index (χ2v) is 5.55. The van der Waals surface area contributed by atoms with E-state index in [0.717, 1.165) is 23.6 Å². The van der Waals surface area contributed by atoms with Crippen molar-refractivity contribution in [1.29, 1.82) is 0 Å². The Bertz CT molecular complexity index is 525. The first-order valence-electron chi connectivity index (χ1n) is 6.22. The predicted molar refractivity (Wildman–Crippen MR) is 72.8 cm³/mol. The second-order valence-electron chi connectivity index (χ2n) is 4.57. The fourth-order valence-corrected chi connectivity index (χ4v) is 2.90. The number of hydrogen-bond acceptors (Lipinski definition) is 4. The summed E-state index contributed by atoms with van der Waals surface area (Å²) in [5.74, 6) is 0.890. The number of thiazole rings is 1. The van der Waals surface area contributed by atoms with Crippen LogP contribution in [0, 0.1) is 0 Å². The molecule has 2 aromatic rings. The summed E-state index contributed by atoms with van der Waals surface area (Å²) in [6.07, 6.45) is 5.19. The van der Waals surface area contributed by atoms with E-state index in [0.29, 0.717) is 6.61 Å². The Hall–Kier alpha value is -1.39. The van der Waals surface area contributed by atoms with Crippen molar-refractivity contribution >= 4 is 11.3 Å². The van der Waals surface area contributed by atoms with Crippen molar-refractivity contribution in [3.8, 4) is 5.75 Å². The molecule has 0 spiro atoms. The molecule has 2 N–H and O–H groups in total. The van der Waals surface area contributed by atoms with E-state index < -0.39 is 0 Å². The SMILES string of the molecule is N[C@@H]1CCCc2ccc(OCc3nccs3)cc21. The van der Waals surface area contributed by atoms with Gasteiger partial charge in [-0.05, 0) is 42.5 Å². The van der Waals surface area contributed by atoms with Crippen LogP contribution >= 0.6 is 11.3 Å². The molecule has 0 unspecified atom stereocenters. The molecule has 1 heterocycles. The van der Waals surface area contributed by atoms with Crippen LogP contribution in [-0.4, -0.2) is 4.98 Å². The third kappa shape index (κ3) is 2.40. The van der Waals surface area contributed by atoms with E-state index in [4.69, 9.17) is 10.5 Å². The number of nitrogens with two attached hydrogens (primary N) is 1. The molecule has 94 valence electrons. The molecule has 0 radical (unpaired) electrons. The molecule has 1 aromatic carbocycles. The first-order valence-corrected chi connectivity index (χ1v) is 7.10. The number of aromatic nitrogens is 1. The number of fused-ring (bicyclic) bond motifs is 1. The number of nitrogens with zero attached hydrogens (tertiary/aromatic N) is 1. The quantitative estimate of drug-likeness (QED) is 0.922. The summed E-state index contributed by atoms with van der Waals surface area (Å²) in [7, 11) is 0. The number of ether oxygens (including phenoxy) is 1. The Morgan fingerprint density at radius 2 is 2.39 bits per heavy atom. The van der Waals surface area contributed by atoms with Crippen LogP contribution in [0.25, 0.3) is 0 Å². The zero-order chi connectivity index (χ0) is 12.4. The number of benzene rings is 1. The highest BCUT2D eigenvalue weighted by Crippen LogP contribution is 2.31. The molecule has 0 saturated carbocycles. The molecule has 1 atom stereocenters.